The standard InChI is InChI=1S/C23H22N4O4S/c1-13-6-7-17(31-13)11-25-22(29)18-8-9-19-21(26-18)27(23(30)14(2)32-19)12-15-4-3-5-16(10-15)20(24)28/h3-10,14H,11-12H2,1-2H3,(H2,24,28)(H,25,29). The molecule has 0 saturated heterocycles. The molecule has 1 aliphatic heterocycles. The third kappa shape index (κ3) is 4.52. The molecule has 0 radical (unpaired) electrons. The van der Waals surface area contributed by atoms with Crippen molar-refractivity contribution in [2.24, 2.45) is 5.73 Å². The lowest BCUT2D eigenvalue weighted by Crippen LogP contribution is -2.40. The Morgan fingerprint density at radius 3 is 2.75 bits per heavy atom. The van der Waals surface area contributed by atoms with Gasteiger partial charge in [0.15, 0.2) is 0 Å². The van der Waals surface area contributed by atoms with E-state index in [0.29, 0.717) is 17.1 Å². The topological polar surface area (TPSA) is 119 Å². The molecule has 8 nitrogen and oxygen atoms in total. The van der Waals surface area contributed by atoms with E-state index >= 15 is 0 Å². The molecule has 3 aromatic rings. The van der Waals surface area contributed by atoms with Gasteiger partial charge in [0, 0.05) is 5.56 Å². The van der Waals surface area contributed by atoms with Gasteiger partial charge in [0.2, 0.25) is 11.8 Å². The molecular weight excluding hydrogens is 428 g/mol. The average Bonchev–Trinajstić information content (AvgIpc) is 3.20. The van der Waals surface area contributed by atoms with Crippen molar-refractivity contribution in [2.45, 2.75) is 37.1 Å². The van der Waals surface area contributed by atoms with Crippen LogP contribution in [0.1, 0.15) is 44.9 Å². The summed E-state index contributed by atoms with van der Waals surface area (Å²) in [7, 11) is 0. The van der Waals surface area contributed by atoms with E-state index < -0.39 is 5.91 Å². The molecule has 3 amide bonds. The zero-order chi connectivity index (χ0) is 22.8. The number of carbonyl (C=O) groups is 3. The number of anilines is 1. The van der Waals surface area contributed by atoms with E-state index in [0.717, 1.165) is 16.2 Å². The van der Waals surface area contributed by atoms with E-state index in [1.807, 2.05) is 26.0 Å². The van der Waals surface area contributed by atoms with Crippen molar-refractivity contribution >= 4 is 35.3 Å². The highest BCUT2D eigenvalue weighted by atomic mass is 32.2. The highest BCUT2D eigenvalue weighted by molar-refractivity contribution is 8.00. The molecule has 0 spiro atoms. The Balaban J connectivity index is 1.59. The van der Waals surface area contributed by atoms with Gasteiger partial charge in [-0.05, 0) is 55.8 Å². The van der Waals surface area contributed by atoms with Gasteiger partial charge in [0.25, 0.3) is 5.91 Å². The number of fused-ring (bicyclic) bond motifs is 1. The van der Waals surface area contributed by atoms with Crippen LogP contribution in [0.5, 0.6) is 0 Å². The van der Waals surface area contributed by atoms with Crippen LogP contribution in [0.4, 0.5) is 5.82 Å². The smallest absolute Gasteiger partial charge is 0.270 e. The summed E-state index contributed by atoms with van der Waals surface area (Å²) in [4.78, 5) is 44.0. The minimum atomic E-state index is -0.537. The monoisotopic (exact) mass is 450 g/mol. The van der Waals surface area contributed by atoms with E-state index in [4.69, 9.17) is 10.2 Å². The predicted molar refractivity (Wildman–Crippen MR) is 120 cm³/mol. The first kappa shape index (κ1) is 21.6. The van der Waals surface area contributed by atoms with Crippen LogP contribution in [-0.4, -0.2) is 28.0 Å². The van der Waals surface area contributed by atoms with E-state index in [1.54, 1.807) is 41.3 Å². The number of pyridine rings is 1. The number of amides is 3. The van der Waals surface area contributed by atoms with Gasteiger partial charge in [0.05, 0.1) is 23.2 Å². The number of aromatic nitrogens is 1. The lowest BCUT2D eigenvalue weighted by atomic mass is 10.1. The average molecular weight is 451 g/mol. The lowest BCUT2D eigenvalue weighted by Gasteiger charge is -2.31. The van der Waals surface area contributed by atoms with Gasteiger partial charge in [-0.15, -0.1) is 11.8 Å². The molecule has 0 fully saturated rings. The van der Waals surface area contributed by atoms with Crippen molar-refractivity contribution in [3.05, 3.63) is 76.9 Å². The fourth-order valence-electron chi connectivity index (χ4n) is 3.41. The van der Waals surface area contributed by atoms with Gasteiger partial charge in [-0.25, -0.2) is 4.98 Å². The maximum Gasteiger partial charge on any atom is 0.270 e. The maximum absolute atomic E-state index is 13.0. The molecule has 32 heavy (non-hydrogen) atoms. The Labute approximate surface area is 189 Å². The van der Waals surface area contributed by atoms with Crippen LogP contribution in [0.15, 0.2) is 57.8 Å². The Kier molecular flexibility index (Phi) is 6.00. The second kappa shape index (κ2) is 8.88. The van der Waals surface area contributed by atoms with Crippen LogP contribution in [-0.2, 0) is 17.9 Å². The minimum Gasteiger partial charge on any atom is -0.465 e. The number of thioether (sulfide) groups is 1. The molecule has 1 unspecified atom stereocenters. The first-order valence-electron chi connectivity index (χ1n) is 10.0. The van der Waals surface area contributed by atoms with E-state index in [9.17, 15) is 14.4 Å². The first-order valence-corrected chi connectivity index (χ1v) is 10.9. The number of nitrogens with zero attached hydrogens (tertiary/aromatic N) is 2. The summed E-state index contributed by atoms with van der Waals surface area (Å²) in [5.41, 5.74) is 6.69. The van der Waals surface area contributed by atoms with Crippen molar-refractivity contribution in [3.63, 3.8) is 0 Å². The fraction of sp³-hybridized carbons (Fsp3) is 0.217. The van der Waals surface area contributed by atoms with Gasteiger partial charge in [-0.2, -0.15) is 0 Å². The summed E-state index contributed by atoms with van der Waals surface area (Å²) in [6, 6.07) is 13.9. The molecule has 1 aliphatic rings. The highest BCUT2D eigenvalue weighted by Crippen LogP contribution is 2.38. The lowest BCUT2D eigenvalue weighted by molar-refractivity contribution is -0.118. The Bertz CT molecular complexity index is 1210. The second-order valence-corrected chi connectivity index (χ2v) is 8.84. The SMILES string of the molecule is Cc1ccc(CNC(=O)c2ccc3c(n2)N(Cc2cccc(C(N)=O)c2)C(=O)C(C)S3)o1. The van der Waals surface area contributed by atoms with Crippen LogP contribution in [0.3, 0.4) is 0 Å². The number of nitrogens with one attached hydrogen (secondary N) is 1. The number of nitrogens with two attached hydrogens (primary N) is 1. The Morgan fingerprint density at radius 1 is 1.22 bits per heavy atom. The van der Waals surface area contributed by atoms with Crippen molar-refractivity contribution in [1.82, 2.24) is 10.3 Å². The Morgan fingerprint density at radius 2 is 2.03 bits per heavy atom. The van der Waals surface area contributed by atoms with Gasteiger partial charge in [-0.3, -0.25) is 19.3 Å². The summed E-state index contributed by atoms with van der Waals surface area (Å²) in [6.07, 6.45) is 0. The molecule has 3 N–H and O–H groups in total. The van der Waals surface area contributed by atoms with Crippen LogP contribution >= 0.6 is 11.8 Å². The van der Waals surface area contributed by atoms with Crippen molar-refractivity contribution in [2.75, 3.05) is 4.90 Å². The predicted octanol–water partition coefficient (Wildman–Crippen LogP) is 3.04. The first-order chi connectivity index (χ1) is 15.3. The Hall–Kier alpha value is -3.59. The fourth-order valence-corrected chi connectivity index (χ4v) is 4.43. The number of rotatable bonds is 6. The van der Waals surface area contributed by atoms with Crippen molar-refractivity contribution in [1.29, 1.82) is 0 Å². The number of furan rings is 1. The van der Waals surface area contributed by atoms with Crippen LogP contribution in [0, 0.1) is 6.92 Å². The molecule has 4 rings (SSSR count). The van der Waals surface area contributed by atoms with Gasteiger partial charge in [0.1, 0.15) is 23.0 Å². The largest absolute Gasteiger partial charge is 0.465 e. The molecule has 2 aromatic heterocycles. The van der Waals surface area contributed by atoms with Crippen LogP contribution in [0.2, 0.25) is 0 Å². The molecule has 0 saturated carbocycles. The quantitative estimate of drug-likeness (QED) is 0.596. The number of hydrogen-bond donors (Lipinski definition) is 2. The summed E-state index contributed by atoms with van der Waals surface area (Å²) in [5.74, 6) is 0.803. The van der Waals surface area contributed by atoms with Crippen LogP contribution in [0.25, 0.3) is 0 Å². The minimum absolute atomic E-state index is 0.122. The summed E-state index contributed by atoms with van der Waals surface area (Å²) in [5, 5.41) is 2.48. The summed E-state index contributed by atoms with van der Waals surface area (Å²) >= 11 is 1.40. The number of benzene rings is 1. The highest BCUT2D eigenvalue weighted by Gasteiger charge is 2.32. The van der Waals surface area contributed by atoms with E-state index in [-0.39, 0.29) is 35.8 Å². The van der Waals surface area contributed by atoms with E-state index in [2.05, 4.69) is 10.3 Å². The molecule has 0 bridgehead atoms. The molecule has 9 heteroatoms. The second-order valence-electron chi connectivity index (χ2n) is 7.46. The number of primary amides is 1. The number of hydrogen-bond acceptors (Lipinski definition) is 6. The third-order valence-electron chi connectivity index (χ3n) is 5.02. The van der Waals surface area contributed by atoms with Gasteiger partial charge in [-0.1, -0.05) is 12.1 Å². The maximum atomic E-state index is 13.0. The van der Waals surface area contributed by atoms with Crippen molar-refractivity contribution < 1.29 is 18.8 Å². The molecule has 164 valence electrons. The summed E-state index contributed by atoms with van der Waals surface area (Å²) in [6.45, 7) is 4.11. The molecule has 1 aromatic carbocycles. The normalized spacial score (nSPS) is 15.4. The zero-order valence-corrected chi connectivity index (χ0v) is 18.4. The summed E-state index contributed by atoms with van der Waals surface area (Å²) < 4.78 is 5.47. The molecular formula is C23H22N4O4S. The van der Waals surface area contributed by atoms with Gasteiger partial charge >= 0.3 is 0 Å². The van der Waals surface area contributed by atoms with Gasteiger partial charge < -0.3 is 15.5 Å². The number of aryl methyl sites for hydroxylation is 1. The molecule has 3 heterocycles. The molecule has 1 atom stereocenters. The van der Waals surface area contributed by atoms with Crippen molar-refractivity contribution in [3.8, 4) is 0 Å². The third-order valence-corrected chi connectivity index (χ3v) is 6.14. The molecule has 0 aliphatic carbocycles. The number of carbonyl (C=O) groups excluding carboxylic acids is 3. The van der Waals surface area contributed by atoms with E-state index in [1.165, 1.54) is 11.8 Å². The van der Waals surface area contributed by atoms with Crippen LogP contribution < -0.4 is 16.0 Å². The zero-order valence-electron chi connectivity index (χ0n) is 17.6.